The molecule has 4 N–H and O–H groups in total. The number of amides is 1. The molecule has 1 aliphatic rings. The standard InChI is InChI=1S/C16H18N4O3/c17-12-9-18-14(19-12)13(10-5-2-1-3-6-10)15(21)20-8-4-7-11(20)16(22)23/h1-3,5-6,9,11,13H,4,7-8,17H2,(H,18,19)(H,22,23)/t11-,13?/m0/s1. The molecule has 1 saturated heterocycles. The van der Waals surface area contributed by atoms with Gasteiger partial charge in [0.2, 0.25) is 5.91 Å². The number of nitrogens with one attached hydrogen (secondary N) is 1. The van der Waals surface area contributed by atoms with E-state index in [0.717, 1.165) is 5.56 Å². The third kappa shape index (κ3) is 2.90. The SMILES string of the molecule is Nc1c[nH]c(C(C(=O)N2CCC[C@H]2C(=O)O)c2ccccc2)n1. The molecule has 0 bridgehead atoms. The highest BCUT2D eigenvalue weighted by Gasteiger charge is 2.39. The molecule has 1 fully saturated rings. The summed E-state index contributed by atoms with van der Waals surface area (Å²) in [6.07, 6.45) is 2.69. The van der Waals surface area contributed by atoms with Gasteiger partial charge in [-0.1, -0.05) is 30.3 Å². The van der Waals surface area contributed by atoms with Crippen molar-refractivity contribution in [3.8, 4) is 0 Å². The molecule has 7 nitrogen and oxygen atoms in total. The molecule has 7 heteroatoms. The molecule has 0 spiro atoms. The van der Waals surface area contributed by atoms with E-state index in [1.54, 1.807) is 0 Å². The fraction of sp³-hybridized carbons (Fsp3) is 0.312. The predicted molar refractivity (Wildman–Crippen MR) is 83.7 cm³/mol. The van der Waals surface area contributed by atoms with E-state index in [4.69, 9.17) is 5.73 Å². The van der Waals surface area contributed by atoms with Crippen molar-refractivity contribution in [2.45, 2.75) is 24.8 Å². The topological polar surface area (TPSA) is 112 Å². The van der Waals surface area contributed by atoms with Crippen LogP contribution in [0.4, 0.5) is 5.82 Å². The minimum atomic E-state index is -0.971. The lowest BCUT2D eigenvalue weighted by Gasteiger charge is -2.26. The fourth-order valence-electron chi connectivity index (χ4n) is 3.02. The van der Waals surface area contributed by atoms with Crippen LogP contribution in [0.25, 0.3) is 0 Å². The Bertz CT molecular complexity index is 713. The number of carbonyl (C=O) groups excluding carboxylic acids is 1. The number of aromatic amines is 1. The van der Waals surface area contributed by atoms with Gasteiger partial charge in [-0.15, -0.1) is 0 Å². The number of carbonyl (C=O) groups is 2. The number of benzene rings is 1. The van der Waals surface area contributed by atoms with Gasteiger partial charge in [-0.25, -0.2) is 9.78 Å². The largest absolute Gasteiger partial charge is 0.480 e. The number of H-pyrrole nitrogens is 1. The molecule has 0 saturated carbocycles. The summed E-state index contributed by atoms with van der Waals surface area (Å²) in [7, 11) is 0. The number of aliphatic carboxylic acids is 1. The van der Waals surface area contributed by atoms with Gasteiger partial charge in [0.25, 0.3) is 0 Å². The van der Waals surface area contributed by atoms with Crippen molar-refractivity contribution in [2.75, 3.05) is 12.3 Å². The van der Waals surface area contributed by atoms with Gasteiger partial charge in [0.1, 0.15) is 23.6 Å². The summed E-state index contributed by atoms with van der Waals surface area (Å²) in [6.45, 7) is 0.440. The van der Waals surface area contributed by atoms with Gasteiger partial charge in [-0.2, -0.15) is 0 Å². The second-order valence-corrected chi connectivity index (χ2v) is 5.58. The molecule has 1 aliphatic heterocycles. The fourth-order valence-corrected chi connectivity index (χ4v) is 3.02. The molecule has 3 rings (SSSR count). The number of carboxylic acids is 1. The van der Waals surface area contributed by atoms with Crippen LogP contribution in [-0.4, -0.2) is 44.4 Å². The van der Waals surface area contributed by atoms with Crippen molar-refractivity contribution in [3.63, 3.8) is 0 Å². The highest BCUT2D eigenvalue weighted by atomic mass is 16.4. The maximum atomic E-state index is 13.0. The van der Waals surface area contributed by atoms with E-state index < -0.39 is 17.9 Å². The van der Waals surface area contributed by atoms with Crippen LogP contribution in [0.3, 0.4) is 0 Å². The first-order chi connectivity index (χ1) is 11.1. The van der Waals surface area contributed by atoms with E-state index in [-0.39, 0.29) is 5.91 Å². The average Bonchev–Trinajstić information content (AvgIpc) is 3.18. The number of hydrogen-bond donors (Lipinski definition) is 3. The van der Waals surface area contributed by atoms with Crippen LogP contribution in [0.15, 0.2) is 36.5 Å². The normalized spacial score (nSPS) is 18.8. The molecule has 2 aromatic rings. The molecule has 1 aromatic heterocycles. The summed E-state index contributed by atoms with van der Waals surface area (Å²) in [5, 5.41) is 9.32. The van der Waals surface area contributed by atoms with Gasteiger partial charge in [-0.3, -0.25) is 4.79 Å². The number of anilines is 1. The molecule has 0 radical (unpaired) electrons. The number of carboxylic acid groups (broad SMARTS) is 1. The Hall–Kier alpha value is -2.83. The Morgan fingerprint density at radius 3 is 2.70 bits per heavy atom. The molecule has 1 unspecified atom stereocenters. The van der Waals surface area contributed by atoms with Gasteiger partial charge in [0.05, 0.1) is 0 Å². The summed E-state index contributed by atoms with van der Waals surface area (Å²) in [6, 6.07) is 8.40. The number of imidazole rings is 1. The van der Waals surface area contributed by atoms with Crippen LogP contribution < -0.4 is 5.73 Å². The Labute approximate surface area is 133 Å². The van der Waals surface area contributed by atoms with E-state index in [2.05, 4.69) is 9.97 Å². The van der Waals surface area contributed by atoms with Crippen molar-refractivity contribution >= 4 is 17.7 Å². The van der Waals surface area contributed by atoms with E-state index in [0.29, 0.717) is 31.0 Å². The quantitative estimate of drug-likeness (QED) is 0.785. The van der Waals surface area contributed by atoms with Gasteiger partial charge in [0, 0.05) is 12.7 Å². The van der Waals surface area contributed by atoms with Crippen LogP contribution in [0.5, 0.6) is 0 Å². The average molecular weight is 314 g/mol. The number of likely N-dealkylation sites (tertiary alicyclic amines) is 1. The molecule has 0 aliphatic carbocycles. The molecule has 1 amide bonds. The minimum Gasteiger partial charge on any atom is -0.480 e. The molecule has 2 atom stereocenters. The second kappa shape index (κ2) is 6.12. The number of nitrogens with two attached hydrogens (primary N) is 1. The molecule has 2 heterocycles. The van der Waals surface area contributed by atoms with Crippen molar-refractivity contribution < 1.29 is 14.7 Å². The highest BCUT2D eigenvalue weighted by Crippen LogP contribution is 2.29. The first kappa shape index (κ1) is 15.1. The lowest BCUT2D eigenvalue weighted by atomic mass is 9.96. The Balaban J connectivity index is 1.98. The summed E-state index contributed by atoms with van der Waals surface area (Å²) in [5.74, 6) is -1.20. The summed E-state index contributed by atoms with van der Waals surface area (Å²) in [5.41, 5.74) is 6.41. The van der Waals surface area contributed by atoms with E-state index in [1.807, 2.05) is 30.3 Å². The molecule has 1 aromatic carbocycles. The zero-order valence-electron chi connectivity index (χ0n) is 12.5. The Morgan fingerprint density at radius 1 is 1.35 bits per heavy atom. The van der Waals surface area contributed by atoms with Crippen LogP contribution >= 0.6 is 0 Å². The third-order valence-electron chi connectivity index (χ3n) is 4.09. The van der Waals surface area contributed by atoms with Crippen LogP contribution in [0, 0.1) is 0 Å². The smallest absolute Gasteiger partial charge is 0.326 e. The van der Waals surface area contributed by atoms with Crippen LogP contribution in [0.1, 0.15) is 30.1 Å². The Morgan fingerprint density at radius 2 is 2.09 bits per heavy atom. The summed E-state index contributed by atoms with van der Waals surface area (Å²) in [4.78, 5) is 32.9. The number of rotatable bonds is 4. The van der Waals surface area contributed by atoms with Gasteiger partial charge < -0.3 is 20.7 Å². The van der Waals surface area contributed by atoms with Crippen LogP contribution in [0.2, 0.25) is 0 Å². The minimum absolute atomic E-state index is 0.268. The first-order valence-electron chi connectivity index (χ1n) is 7.47. The number of nitrogens with zero attached hydrogens (tertiary/aromatic N) is 2. The van der Waals surface area contributed by atoms with E-state index >= 15 is 0 Å². The number of nitrogen functional groups attached to an aromatic ring is 1. The number of hydrogen-bond acceptors (Lipinski definition) is 4. The molecule has 23 heavy (non-hydrogen) atoms. The maximum Gasteiger partial charge on any atom is 0.326 e. The summed E-state index contributed by atoms with van der Waals surface area (Å²) >= 11 is 0. The number of aromatic nitrogens is 2. The lowest BCUT2D eigenvalue weighted by Crippen LogP contribution is -2.43. The van der Waals surface area contributed by atoms with Gasteiger partial charge in [0.15, 0.2) is 0 Å². The van der Waals surface area contributed by atoms with E-state index in [9.17, 15) is 14.7 Å². The second-order valence-electron chi connectivity index (χ2n) is 5.58. The predicted octanol–water partition coefficient (Wildman–Crippen LogP) is 1.20. The summed E-state index contributed by atoms with van der Waals surface area (Å²) < 4.78 is 0. The van der Waals surface area contributed by atoms with Crippen molar-refractivity contribution in [1.82, 2.24) is 14.9 Å². The molecular formula is C16H18N4O3. The third-order valence-corrected chi connectivity index (χ3v) is 4.09. The zero-order valence-corrected chi connectivity index (χ0v) is 12.5. The lowest BCUT2D eigenvalue weighted by molar-refractivity contribution is -0.148. The van der Waals surface area contributed by atoms with Crippen LogP contribution in [-0.2, 0) is 9.59 Å². The first-order valence-corrected chi connectivity index (χ1v) is 7.47. The molecular weight excluding hydrogens is 296 g/mol. The van der Waals surface area contributed by atoms with E-state index in [1.165, 1.54) is 11.1 Å². The highest BCUT2D eigenvalue weighted by molar-refractivity contribution is 5.90. The van der Waals surface area contributed by atoms with Gasteiger partial charge >= 0.3 is 5.97 Å². The monoisotopic (exact) mass is 314 g/mol. The molecule has 120 valence electrons. The Kier molecular flexibility index (Phi) is 4.01. The van der Waals surface area contributed by atoms with Crippen molar-refractivity contribution in [1.29, 1.82) is 0 Å². The van der Waals surface area contributed by atoms with Crippen molar-refractivity contribution in [3.05, 3.63) is 47.9 Å². The van der Waals surface area contributed by atoms with Gasteiger partial charge in [-0.05, 0) is 18.4 Å². The van der Waals surface area contributed by atoms with Crippen molar-refractivity contribution in [2.24, 2.45) is 0 Å². The maximum absolute atomic E-state index is 13.0. The zero-order chi connectivity index (χ0) is 16.4.